The van der Waals surface area contributed by atoms with Crippen LogP contribution >= 0.6 is 12.6 Å². The van der Waals surface area contributed by atoms with Crippen LogP contribution in [-0.4, -0.2) is 40.3 Å². The van der Waals surface area contributed by atoms with E-state index in [1.54, 1.807) is 0 Å². The lowest BCUT2D eigenvalue weighted by molar-refractivity contribution is -0.133. The minimum Gasteiger partial charge on any atom is -0.481 e. The van der Waals surface area contributed by atoms with Crippen molar-refractivity contribution in [2.45, 2.75) is 25.7 Å². The summed E-state index contributed by atoms with van der Waals surface area (Å²) in [6.07, 6.45) is 4.40. The Labute approximate surface area is 95.7 Å². The Hall–Kier alpha value is -0.260. The van der Waals surface area contributed by atoms with Crippen LogP contribution in [0.1, 0.15) is 25.7 Å². The summed E-state index contributed by atoms with van der Waals surface area (Å²) in [6, 6.07) is 0. The summed E-state index contributed by atoms with van der Waals surface area (Å²) in [6.45, 7) is 0.663. The highest BCUT2D eigenvalue weighted by Gasteiger charge is 2.19. The topological polar surface area (TPSA) is 77.8 Å². The molecular weight excluding hydrogens is 216 g/mol. The summed E-state index contributed by atoms with van der Waals surface area (Å²) in [5.74, 6) is 0.0685. The van der Waals surface area contributed by atoms with Gasteiger partial charge in [-0.1, -0.05) is 0 Å². The molecule has 0 atom stereocenters. The molecule has 0 spiro atoms. The quantitative estimate of drug-likeness (QED) is 0.546. The van der Waals surface area contributed by atoms with Crippen LogP contribution in [0.2, 0.25) is 0 Å². The van der Waals surface area contributed by atoms with Crippen molar-refractivity contribution in [1.29, 1.82) is 0 Å². The first-order valence-corrected chi connectivity index (χ1v) is 5.81. The maximum absolute atomic E-state index is 9.29. The molecule has 4 nitrogen and oxygen atoms in total. The highest BCUT2D eigenvalue weighted by molar-refractivity contribution is 7.81. The van der Waals surface area contributed by atoms with Crippen molar-refractivity contribution in [2.75, 3.05) is 19.0 Å². The first kappa shape index (κ1) is 14.7. The van der Waals surface area contributed by atoms with E-state index in [4.69, 9.17) is 15.3 Å². The average molecular weight is 236 g/mol. The van der Waals surface area contributed by atoms with Crippen molar-refractivity contribution >= 4 is 18.6 Å². The molecule has 0 aliphatic heterocycles. The lowest BCUT2D eigenvalue weighted by Crippen LogP contribution is -2.19. The van der Waals surface area contributed by atoms with Crippen molar-refractivity contribution in [1.82, 2.24) is 0 Å². The standard InChI is InChI=1S/C8H16O2.C2H4O2S/c9-5-7-1-2-8(6-10)4-3-7;3-2(4)1-5/h7-10H,1-6H2;5H,1H2,(H,3,4). The number of carboxylic acids is 1. The SMILES string of the molecule is O=C(O)CS.OCC1CCC(CO)CC1. The third-order valence-corrected chi connectivity index (χ3v) is 2.89. The Morgan fingerprint density at radius 2 is 1.33 bits per heavy atom. The smallest absolute Gasteiger partial charge is 0.313 e. The number of hydrogen-bond donors (Lipinski definition) is 4. The molecule has 1 rings (SSSR count). The van der Waals surface area contributed by atoms with Gasteiger partial charge in [-0.15, -0.1) is 0 Å². The second kappa shape index (κ2) is 9.00. The zero-order chi connectivity index (χ0) is 11.7. The van der Waals surface area contributed by atoms with Gasteiger partial charge in [-0.05, 0) is 37.5 Å². The lowest BCUT2D eigenvalue weighted by Gasteiger charge is -2.25. The Morgan fingerprint density at radius 1 is 1.07 bits per heavy atom. The Balaban J connectivity index is 0.000000336. The minimum absolute atomic E-state index is 0.0833. The Bertz CT molecular complexity index is 155. The maximum atomic E-state index is 9.29. The van der Waals surface area contributed by atoms with Crippen molar-refractivity contribution in [2.24, 2.45) is 11.8 Å². The van der Waals surface area contributed by atoms with Crippen LogP contribution in [0.25, 0.3) is 0 Å². The van der Waals surface area contributed by atoms with E-state index in [-0.39, 0.29) is 5.75 Å². The van der Waals surface area contributed by atoms with Gasteiger partial charge < -0.3 is 15.3 Å². The van der Waals surface area contributed by atoms with Gasteiger partial charge in [-0.3, -0.25) is 4.79 Å². The number of carboxylic acid groups (broad SMARTS) is 1. The zero-order valence-electron chi connectivity index (χ0n) is 8.80. The first-order chi connectivity index (χ1) is 7.13. The highest BCUT2D eigenvalue weighted by atomic mass is 32.1. The number of aliphatic hydroxyl groups excluding tert-OH is 2. The van der Waals surface area contributed by atoms with Crippen LogP contribution in [0.3, 0.4) is 0 Å². The third-order valence-electron chi connectivity index (χ3n) is 2.62. The fraction of sp³-hybridized carbons (Fsp3) is 0.900. The molecule has 90 valence electrons. The Kier molecular flexibility index (Phi) is 8.85. The predicted molar refractivity (Wildman–Crippen MR) is 61.1 cm³/mol. The molecule has 0 saturated heterocycles. The number of hydrogen-bond acceptors (Lipinski definition) is 4. The van der Waals surface area contributed by atoms with Gasteiger partial charge in [0.1, 0.15) is 0 Å². The van der Waals surface area contributed by atoms with Gasteiger partial charge in [-0.25, -0.2) is 0 Å². The number of aliphatic carboxylic acids is 1. The van der Waals surface area contributed by atoms with Crippen LogP contribution < -0.4 is 0 Å². The van der Waals surface area contributed by atoms with E-state index >= 15 is 0 Å². The molecule has 0 aromatic rings. The summed E-state index contributed by atoms with van der Waals surface area (Å²) in [5.41, 5.74) is 0. The second-order valence-corrected chi connectivity index (χ2v) is 4.12. The summed E-state index contributed by atoms with van der Waals surface area (Å²) in [7, 11) is 0. The van der Waals surface area contributed by atoms with Crippen LogP contribution in [0.4, 0.5) is 0 Å². The van der Waals surface area contributed by atoms with Crippen LogP contribution in [0.15, 0.2) is 0 Å². The van der Waals surface area contributed by atoms with Gasteiger partial charge in [0, 0.05) is 13.2 Å². The van der Waals surface area contributed by atoms with Crippen LogP contribution in [0.5, 0.6) is 0 Å². The molecule has 15 heavy (non-hydrogen) atoms. The molecule has 0 heterocycles. The number of rotatable bonds is 3. The molecule has 0 unspecified atom stereocenters. The van der Waals surface area contributed by atoms with Gasteiger partial charge in [0.2, 0.25) is 0 Å². The molecule has 0 aromatic carbocycles. The molecule has 0 amide bonds. The Morgan fingerprint density at radius 3 is 1.47 bits per heavy atom. The highest BCUT2D eigenvalue weighted by Crippen LogP contribution is 2.27. The zero-order valence-corrected chi connectivity index (χ0v) is 9.70. The largest absolute Gasteiger partial charge is 0.481 e. The summed E-state index contributed by atoms with van der Waals surface area (Å²) in [4.78, 5) is 9.29. The van der Waals surface area contributed by atoms with E-state index < -0.39 is 5.97 Å². The molecule has 1 aliphatic rings. The molecular formula is C10H20O4S. The van der Waals surface area contributed by atoms with Crippen molar-refractivity contribution in [3.8, 4) is 0 Å². The van der Waals surface area contributed by atoms with Gasteiger partial charge >= 0.3 is 5.97 Å². The van der Waals surface area contributed by atoms with E-state index in [1.807, 2.05) is 0 Å². The van der Waals surface area contributed by atoms with Crippen molar-refractivity contribution in [3.05, 3.63) is 0 Å². The monoisotopic (exact) mass is 236 g/mol. The summed E-state index contributed by atoms with van der Waals surface area (Å²) < 4.78 is 0. The molecule has 0 radical (unpaired) electrons. The van der Waals surface area contributed by atoms with Gasteiger partial charge in [0.15, 0.2) is 0 Å². The molecule has 1 aliphatic carbocycles. The lowest BCUT2D eigenvalue weighted by atomic mass is 9.83. The first-order valence-electron chi connectivity index (χ1n) is 5.18. The number of carbonyl (C=O) groups is 1. The van der Waals surface area contributed by atoms with Gasteiger partial charge in [0.25, 0.3) is 0 Å². The van der Waals surface area contributed by atoms with Crippen LogP contribution in [-0.2, 0) is 4.79 Å². The van der Waals surface area contributed by atoms with Gasteiger partial charge in [0.05, 0.1) is 5.75 Å². The maximum Gasteiger partial charge on any atom is 0.313 e. The summed E-state index contributed by atoms with van der Waals surface area (Å²) in [5, 5.41) is 25.2. The second-order valence-electron chi connectivity index (χ2n) is 3.80. The molecule has 3 N–H and O–H groups in total. The fourth-order valence-corrected chi connectivity index (χ4v) is 1.60. The van der Waals surface area contributed by atoms with Gasteiger partial charge in [-0.2, -0.15) is 12.6 Å². The van der Waals surface area contributed by atoms with E-state index in [9.17, 15) is 4.79 Å². The number of aliphatic hydroxyl groups is 2. The average Bonchev–Trinajstić information content (AvgIpc) is 2.30. The molecule has 0 aromatic heterocycles. The van der Waals surface area contributed by atoms with Crippen molar-refractivity contribution in [3.63, 3.8) is 0 Å². The van der Waals surface area contributed by atoms with E-state index in [0.717, 1.165) is 25.7 Å². The fourth-order valence-electron chi connectivity index (χ4n) is 1.60. The molecule has 1 saturated carbocycles. The third kappa shape index (κ3) is 7.64. The normalized spacial score (nSPS) is 25.3. The van der Waals surface area contributed by atoms with E-state index in [1.165, 1.54) is 0 Å². The number of thiol groups is 1. The van der Waals surface area contributed by atoms with E-state index in [0.29, 0.717) is 25.0 Å². The van der Waals surface area contributed by atoms with E-state index in [2.05, 4.69) is 12.6 Å². The predicted octanol–water partition coefficient (Wildman–Crippen LogP) is 0.778. The molecule has 1 fully saturated rings. The molecule has 0 bridgehead atoms. The van der Waals surface area contributed by atoms with Crippen molar-refractivity contribution < 1.29 is 20.1 Å². The summed E-state index contributed by atoms with van der Waals surface area (Å²) >= 11 is 3.42. The molecule has 5 heteroatoms. The minimum atomic E-state index is -0.881. The van der Waals surface area contributed by atoms with Crippen LogP contribution in [0, 0.1) is 11.8 Å².